The molecule has 0 saturated carbocycles. The summed E-state index contributed by atoms with van der Waals surface area (Å²) in [5, 5.41) is 22.2. The number of rotatable bonds is 4. The number of aliphatic hydroxyl groups is 2. The quantitative estimate of drug-likeness (QED) is 0.729. The molecule has 1 aromatic heterocycles. The summed E-state index contributed by atoms with van der Waals surface area (Å²) in [6.07, 6.45) is -0.986. The van der Waals surface area contributed by atoms with Crippen molar-refractivity contribution >= 4 is 28.3 Å². The zero-order valence-electron chi connectivity index (χ0n) is 10.0. The summed E-state index contributed by atoms with van der Waals surface area (Å²) in [4.78, 5) is 15.9. The van der Waals surface area contributed by atoms with Gasteiger partial charge in [-0.2, -0.15) is 0 Å². The lowest BCUT2D eigenvalue weighted by atomic mass is 10.1. The molecule has 0 aliphatic heterocycles. The maximum Gasteiger partial charge on any atom is 0.270 e. The second-order valence-electron chi connectivity index (χ2n) is 4.07. The Morgan fingerprint density at radius 2 is 2.16 bits per heavy atom. The van der Waals surface area contributed by atoms with Crippen LogP contribution in [0.25, 0.3) is 10.8 Å². The summed E-state index contributed by atoms with van der Waals surface area (Å²) < 4.78 is 0. The van der Waals surface area contributed by atoms with Crippen LogP contribution in [0.3, 0.4) is 0 Å². The van der Waals surface area contributed by atoms with Gasteiger partial charge in [-0.3, -0.25) is 4.79 Å². The molecule has 0 saturated heterocycles. The molecule has 3 N–H and O–H groups in total. The first-order chi connectivity index (χ1) is 9.11. The zero-order valence-corrected chi connectivity index (χ0v) is 10.8. The molecule has 1 heterocycles. The number of aromatic nitrogens is 1. The van der Waals surface area contributed by atoms with Crippen molar-refractivity contribution in [3.05, 3.63) is 41.2 Å². The van der Waals surface area contributed by atoms with E-state index in [9.17, 15) is 4.79 Å². The van der Waals surface area contributed by atoms with E-state index in [1.807, 2.05) is 24.3 Å². The molecule has 0 bridgehead atoms. The second-order valence-corrected chi connectivity index (χ2v) is 4.42. The number of carbonyl (C=O) groups is 1. The van der Waals surface area contributed by atoms with E-state index in [2.05, 4.69) is 10.3 Å². The van der Waals surface area contributed by atoms with Crippen LogP contribution >= 0.6 is 11.6 Å². The molecule has 19 heavy (non-hydrogen) atoms. The lowest BCUT2D eigenvalue weighted by molar-refractivity contribution is 0.0799. The summed E-state index contributed by atoms with van der Waals surface area (Å²) in [5.74, 6) is -0.444. The number of amides is 1. The molecule has 1 unspecified atom stereocenters. The normalized spacial score (nSPS) is 12.4. The van der Waals surface area contributed by atoms with Gasteiger partial charge in [0.1, 0.15) is 10.8 Å². The van der Waals surface area contributed by atoms with E-state index >= 15 is 0 Å². The highest BCUT2D eigenvalue weighted by Crippen LogP contribution is 2.22. The Balaban J connectivity index is 2.23. The Morgan fingerprint density at radius 3 is 2.89 bits per heavy atom. The number of hydrogen-bond acceptors (Lipinski definition) is 4. The highest BCUT2D eigenvalue weighted by molar-refractivity contribution is 6.34. The number of carbonyl (C=O) groups excluding carboxylic acids is 1. The van der Waals surface area contributed by atoms with Gasteiger partial charge in [-0.25, -0.2) is 4.98 Å². The van der Waals surface area contributed by atoms with E-state index < -0.39 is 18.6 Å². The van der Waals surface area contributed by atoms with Crippen LogP contribution in [0.4, 0.5) is 0 Å². The molecule has 0 fully saturated rings. The molecule has 2 rings (SSSR count). The van der Waals surface area contributed by atoms with Gasteiger partial charge in [0, 0.05) is 11.9 Å². The SMILES string of the molecule is O=C(NCC(O)CO)c1cc2ccccc2c(Cl)n1. The number of nitrogens with one attached hydrogen (secondary N) is 1. The topological polar surface area (TPSA) is 82.5 Å². The van der Waals surface area contributed by atoms with E-state index in [4.69, 9.17) is 21.8 Å². The fourth-order valence-corrected chi connectivity index (χ4v) is 1.90. The predicted molar refractivity (Wildman–Crippen MR) is 72.2 cm³/mol. The Labute approximate surface area is 114 Å². The van der Waals surface area contributed by atoms with Gasteiger partial charge in [0.15, 0.2) is 0 Å². The molecule has 0 radical (unpaired) electrons. The van der Waals surface area contributed by atoms with Crippen molar-refractivity contribution in [2.45, 2.75) is 6.10 Å². The van der Waals surface area contributed by atoms with Crippen molar-refractivity contribution in [3.8, 4) is 0 Å². The van der Waals surface area contributed by atoms with Crippen LogP contribution in [-0.4, -0.2) is 40.4 Å². The third-order valence-corrected chi connectivity index (χ3v) is 2.92. The van der Waals surface area contributed by atoms with Gasteiger partial charge in [0.2, 0.25) is 0 Å². The van der Waals surface area contributed by atoms with Gasteiger partial charge in [-0.1, -0.05) is 35.9 Å². The first-order valence-corrected chi connectivity index (χ1v) is 6.12. The fourth-order valence-electron chi connectivity index (χ4n) is 1.64. The predicted octanol–water partition coefficient (Wildman–Crippen LogP) is 0.971. The maximum absolute atomic E-state index is 11.8. The Kier molecular flexibility index (Phi) is 4.31. The third-order valence-electron chi connectivity index (χ3n) is 2.64. The summed E-state index contributed by atoms with van der Waals surface area (Å²) in [6, 6.07) is 8.97. The standard InChI is InChI=1S/C13H13ClN2O3/c14-12-10-4-2-1-3-8(10)5-11(16-12)13(19)15-6-9(18)7-17/h1-5,9,17-18H,6-7H2,(H,15,19). The van der Waals surface area contributed by atoms with Crippen LogP contribution in [0.2, 0.25) is 5.15 Å². The fraction of sp³-hybridized carbons (Fsp3) is 0.231. The van der Waals surface area contributed by atoms with E-state index in [1.165, 1.54) is 0 Å². The van der Waals surface area contributed by atoms with Crippen LogP contribution in [0.15, 0.2) is 30.3 Å². The molecule has 2 aromatic rings. The molecular formula is C13H13ClN2O3. The molecule has 1 atom stereocenters. The van der Waals surface area contributed by atoms with Crippen LogP contribution in [-0.2, 0) is 0 Å². The summed E-state index contributed by atoms with van der Waals surface area (Å²) in [7, 11) is 0. The lowest BCUT2D eigenvalue weighted by Crippen LogP contribution is -2.34. The number of benzene rings is 1. The minimum absolute atomic E-state index is 0.0402. The number of aliphatic hydroxyl groups excluding tert-OH is 2. The monoisotopic (exact) mass is 280 g/mol. The summed E-state index contributed by atoms with van der Waals surface area (Å²) in [5.41, 5.74) is 0.175. The number of fused-ring (bicyclic) bond motifs is 1. The van der Waals surface area contributed by atoms with E-state index in [1.54, 1.807) is 6.07 Å². The lowest BCUT2D eigenvalue weighted by Gasteiger charge is -2.09. The highest BCUT2D eigenvalue weighted by atomic mass is 35.5. The van der Waals surface area contributed by atoms with Crippen LogP contribution in [0.5, 0.6) is 0 Å². The molecule has 0 aliphatic carbocycles. The van der Waals surface area contributed by atoms with Crippen molar-refractivity contribution < 1.29 is 15.0 Å². The Bertz CT molecular complexity index is 603. The van der Waals surface area contributed by atoms with E-state index in [-0.39, 0.29) is 17.4 Å². The van der Waals surface area contributed by atoms with E-state index in [0.717, 1.165) is 10.8 Å². The van der Waals surface area contributed by atoms with Crippen LogP contribution in [0, 0.1) is 0 Å². The first-order valence-electron chi connectivity index (χ1n) is 5.74. The van der Waals surface area contributed by atoms with Crippen molar-refractivity contribution in [1.29, 1.82) is 0 Å². The van der Waals surface area contributed by atoms with Gasteiger partial charge in [0.05, 0.1) is 12.7 Å². The van der Waals surface area contributed by atoms with Crippen molar-refractivity contribution in [1.82, 2.24) is 10.3 Å². The number of nitrogens with zero attached hydrogens (tertiary/aromatic N) is 1. The summed E-state index contributed by atoms with van der Waals surface area (Å²) >= 11 is 6.02. The molecule has 0 aliphatic rings. The first kappa shape index (κ1) is 13.7. The average molecular weight is 281 g/mol. The van der Waals surface area contributed by atoms with Gasteiger partial charge >= 0.3 is 0 Å². The molecule has 1 aromatic carbocycles. The van der Waals surface area contributed by atoms with Crippen molar-refractivity contribution in [2.24, 2.45) is 0 Å². The molecule has 5 nitrogen and oxygen atoms in total. The van der Waals surface area contributed by atoms with Gasteiger partial charge in [0.25, 0.3) is 5.91 Å². The molecular weight excluding hydrogens is 268 g/mol. The average Bonchev–Trinajstić information content (AvgIpc) is 2.44. The second kappa shape index (κ2) is 5.97. The number of pyridine rings is 1. The van der Waals surface area contributed by atoms with E-state index in [0.29, 0.717) is 0 Å². The van der Waals surface area contributed by atoms with Crippen molar-refractivity contribution in [2.75, 3.05) is 13.2 Å². The third kappa shape index (κ3) is 3.20. The zero-order chi connectivity index (χ0) is 13.8. The maximum atomic E-state index is 11.8. The molecule has 6 heteroatoms. The molecule has 100 valence electrons. The van der Waals surface area contributed by atoms with Gasteiger partial charge < -0.3 is 15.5 Å². The van der Waals surface area contributed by atoms with Crippen LogP contribution in [0.1, 0.15) is 10.5 Å². The molecule has 1 amide bonds. The smallest absolute Gasteiger partial charge is 0.270 e. The Morgan fingerprint density at radius 1 is 1.42 bits per heavy atom. The van der Waals surface area contributed by atoms with Gasteiger partial charge in [-0.05, 0) is 11.5 Å². The Hall–Kier alpha value is -1.69. The summed E-state index contributed by atoms with van der Waals surface area (Å²) in [6.45, 7) is -0.451. The highest BCUT2D eigenvalue weighted by Gasteiger charge is 2.12. The minimum atomic E-state index is -0.986. The van der Waals surface area contributed by atoms with Crippen molar-refractivity contribution in [3.63, 3.8) is 0 Å². The van der Waals surface area contributed by atoms with Crippen LogP contribution < -0.4 is 5.32 Å². The number of hydrogen-bond donors (Lipinski definition) is 3. The number of halogens is 1. The molecule has 0 spiro atoms. The largest absolute Gasteiger partial charge is 0.394 e. The minimum Gasteiger partial charge on any atom is -0.394 e. The van der Waals surface area contributed by atoms with Gasteiger partial charge in [-0.15, -0.1) is 0 Å².